The lowest BCUT2D eigenvalue weighted by atomic mass is 9.96. The molecule has 2 rings (SSSR count). The van der Waals surface area contributed by atoms with E-state index in [0.29, 0.717) is 6.04 Å². The highest BCUT2D eigenvalue weighted by Gasteiger charge is 2.16. The van der Waals surface area contributed by atoms with E-state index in [-0.39, 0.29) is 5.91 Å². The molecule has 104 valence electrons. The summed E-state index contributed by atoms with van der Waals surface area (Å²) in [4.78, 5) is 12.3. The summed E-state index contributed by atoms with van der Waals surface area (Å²) < 4.78 is 1.04. The molecule has 0 heterocycles. The SMILES string of the molecule is Cc1ccc(C(=O)NC2CCCCCCC2)c(I)c1. The summed E-state index contributed by atoms with van der Waals surface area (Å²) in [6, 6.07) is 6.38. The van der Waals surface area contributed by atoms with Crippen LogP contribution < -0.4 is 5.32 Å². The van der Waals surface area contributed by atoms with E-state index in [9.17, 15) is 4.79 Å². The van der Waals surface area contributed by atoms with E-state index in [0.717, 1.165) is 22.0 Å². The van der Waals surface area contributed by atoms with Crippen molar-refractivity contribution in [3.05, 3.63) is 32.9 Å². The van der Waals surface area contributed by atoms with Crippen molar-refractivity contribution in [2.75, 3.05) is 0 Å². The van der Waals surface area contributed by atoms with Crippen LogP contribution in [0.15, 0.2) is 18.2 Å². The number of amides is 1. The van der Waals surface area contributed by atoms with Crippen LogP contribution in [-0.2, 0) is 0 Å². The van der Waals surface area contributed by atoms with Crippen LogP contribution >= 0.6 is 22.6 Å². The Hall–Kier alpha value is -0.580. The molecule has 1 aliphatic carbocycles. The van der Waals surface area contributed by atoms with Gasteiger partial charge in [-0.15, -0.1) is 0 Å². The predicted octanol–water partition coefficient (Wildman–Crippen LogP) is 4.44. The van der Waals surface area contributed by atoms with Crippen molar-refractivity contribution >= 4 is 28.5 Å². The normalized spacial score (nSPS) is 17.6. The monoisotopic (exact) mass is 371 g/mol. The fourth-order valence-corrected chi connectivity index (χ4v) is 3.58. The van der Waals surface area contributed by atoms with Gasteiger partial charge in [0.25, 0.3) is 5.91 Å². The molecule has 0 unspecified atom stereocenters. The van der Waals surface area contributed by atoms with Crippen LogP contribution in [0.4, 0.5) is 0 Å². The molecule has 0 radical (unpaired) electrons. The molecule has 0 aliphatic heterocycles. The van der Waals surface area contributed by atoms with E-state index in [1.54, 1.807) is 0 Å². The summed E-state index contributed by atoms with van der Waals surface area (Å²) in [5, 5.41) is 3.22. The molecular formula is C16H22INO. The maximum atomic E-state index is 12.3. The third kappa shape index (κ3) is 4.48. The maximum Gasteiger partial charge on any atom is 0.252 e. The number of hydrogen-bond donors (Lipinski definition) is 1. The molecule has 1 saturated carbocycles. The van der Waals surface area contributed by atoms with Gasteiger partial charge in [-0.1, -0.05) is 43.7 Å². The number of carbonyl (C=O) groups is 1. The van der Waals surface area contributed by atoms with Gasteiger partial charge < -0.3 is 5.32 Å². The molecule has 3 heteroatoms. The second-order valence-corrected chi connectivity index (χ2v) is 6.66. The van der Waals surface area contributed by atoms with Gasteiger partial charge >= 0.3 is 0 Å². The summed E-state index contributed by atoms with van der Waals surface area (Å²) in [5.41, 5.74) is 2.01. The number of hydrogen-bond acceptors (Lipinski definition) is 1. The highest BCUT2D eigenvalue weighted by Crippen LogP contribution is 2.19. The van der Waals surface area contributed by atoms with Crippen LogP contribution in [0.2, 0.25) is 0 Å². The molecule has 1 amide bonds. The van der Waals surface area contributed by atoms with Crippen LogP contribution in [0.3, 0.4) is 0 Å². The van der Waals surface area contributed by atoms with Gasteiger partial charge in [0.05, 0.1) is 5.56 Å². The first-order valence-corrected chi connectivity index (χ1v) is 8.32. The minimum Gasteiger partial charge on any atom is -0.349 e. The number of halogens is 1. The van der Waals surface area contributed by atoms with Crippen LogP contribution in [-0.4, -0.2) is 11.9 Å². The molecule has 1 aromatic rings. The molecule has 0 atom stereocenters. The Bertz CT molecular complexity index is 436. The van der Waals surface area contributed by atoms with Gasteiger partial charge in [-0.05, 0) is 54.5 Å². The largest absolute Gasteiger partial charge is 0.349 e. The van der Waals surface area contributed by atoms with E-state index in [1.807, 2.05) is 12.1 Å². The topological polar surface area (TPSA) is 29.1 Å². The average Bonchev–Trinajstić information content (AvgIpc) is 2.32. The molecule has 1 aliphatic rings. The highest BCUT2D eigenvalue weighted by molar-refractivity contribution is 14.1. The van der Waals surface area contributed by atoms with Crippen molar-refractivity contribution in [3.8, 4) is 0 Å². The summed E-state index contributed by atoms with van der Waals surface area (Å²) in [5.74, 6) is 0.0926. The van der Waals surface area contributed by atoms with E-state index in [2.05, 4.69) is 40.9 Å². The van der Waals surface area contributed by atoms with Gasteiger partial charge in [0.1, 0.15) is 0 Å². The fraction of sp³-hybridized carbons (Fsp3) is 0.562. The van der Waals surface area contributed by atoms with Crippen LogP contribution in [0.1, 0.15) is 60.9 Å². The van der Waals surface area contributed by atoms with Crippen molar-refractivity contribution < 1.29 is 4.79 Å². The second kappa shape index (κ2) is 7.27. The Morgan fingerprint density at radius 2 is 1.79 bits per heavy atom. The van der Waals surface area contributed by atoms with Crippen molar-refractivity contribution in [1.82, 2.24) is 5.32 Å². The Morgan fingerprint density at radius 3 is 2.42 bits per heavy atom. The average molecular weight is 371 g/mol. The zero-order valence-corrected chi connectivity index (χ0v) is 13.7. The number of aryl methyl sites for hydroxylation is 1. The van der Waals surface area contributed by atoms with Gasteiger partial charge in [0.15, 0.2) is 0 Å². The Labute approximate surface area is 129 Å². The summed E-state index contributed by atoms with van der Waals surface area (Å²) in [6.45, 7) is 2.05. The zero-order chi connectivity index (χ0) is 13.7. The predicted molar refractivity (Wildman–Crippen MR) is 87.5 cm³/mol. The van der Waals surface area contributed by atoms with Gasteiger partial charge in [-0.3, -0.25) is 4.79 Å². The molecule has 1 N–H and O–H groups in total. The van der Waals surface area contributed by atoms with Crippen molar-refractivity contribution in [1.29, 1.82) is 0 Å². The standard InChI is InChI=1S/C16H22INO/c1-12-9-10-14(15(17)11-12)16(19)18-13-7-5-3-2-4-6-8-13/h9-11,13H,2-8H2,1H3,(H,18,19). The summed E-state index contributed by atoms with van der Waals surface area (Å²) in [7, 11) is 0. The smallest absolute Gasteiger partial charge is 0.252 e. The maximum absolute atomic E-state index is 12.3. The van der Waals surface area contributed by atoms with Gasteiger partial charge in [0, 0.05) is 9.61 Å². The summed E-state index contributed by atoms with van der Waals surface area (Å²) >= 11 is 2.25. The number of benzene rings is 1. The quantitative estimate of drug-likeness (QED) is 0.765. The van der Waals surface area contributed by atoms with Crippen molar-refractivity contribution in [2.24, 2.45) is 0 Å². The molecule has 19 heavy (non-hydrogen) atoms. The Balaban J connectivity index is 1.99. The Kier molecular flexibility index (Phi) is 5.67. The molecular weight excluding hydrogens is 349 g/mol. The second-order valence-electron chi connectivity index (χ2n) is 5.50. The fourth-order valence-electron chi connectivity index (χ4n) is 2.67. The molecule has 2 nitrogen and oxygen atoms in total. The lowest BCUT2D eigenvalue weighted by Crippen LogP contribution is -2.35. The van der Waals surface area contributed by atoms with E-state index in [4.69, 9.17) is 0 Å². The van der Waals surface area contributed by atoms with Crippen molar-refractivity contribution in [3.63, 3.8) is 0 Å². The molecule has 0 saturated heterocycles. The van der Waals surface area contributed by atoms with Crippen molar-refractivity contribution in [2.45, 2.75) is 57.9 Å². The summed E-state index contributed by atoms with van der Waals surface area (Å²) in [6.07, 6.45) is 8.74. The lowest BCUT2D eigenvalue weighted by molar-refractivity contribution is 0.0929. The number of carbonyl (C=O) groups excluding carboxylic acids is 1. The minimum absolute atomic E-state index is 0.0926. The molecule has 0 bridgehead atoms. The van der Waals surface area contributed by atoms with E-state index >= 15 is 0 Å². The van der Waals surface area contributed by atoms with E-state index in [1.165, 1.54) is 37.7 Å². The number of rotatable bonds is 2. The molecule has 0 aromatic heterocycles. The molecule has 1 fully saturated rings. The van der Waals surface area contributed by atoms with Gasteiger partial charge in [0.2, 0.25) is 0 Å². The minimum atomic E-state index is 0.0926. The first kappa shape index (κ1) is 14.8. The third-order valence-electron chi connectivity index (χ3n) is 3.81. The van der Waals surface area contributed by atoms with Crippen LogP contribution in [0, 0.1) is 10.5 Å². The Morgan fingerprint density at radius 1 is 1.16 bits per heavy atom. The lowest BCUT2D eigenvalue weighted by Gasteiger charge is -2.21. The first-order valence-electron chi connectivity index (χ1n) is 7.24. The zero-order valence-electron chi connectivity index (χ0n) is 11.5. The van der Waals surface area contributed by atoms with Gasteiger partial charge in [-0.25, -0.2) is 0 Å². The van der Waals surface area contributed by atoms with Crippen LogP contribution in [0.5, 0.6) is 0 Å². The van der Waals surface area contributed by atoms with E-state index < -0.39 is 0 Å². The third-order valence-corrected chi connectivity index (χ3v) is 4.70. The first-order chi connectivity index (χ1) is 9.16. The van der Waals surface area contributed by atoms with Crippen LogP contribution in [0.25, 0.3) is 0 Å². The molecule has 1 aromatic carbocycles. The molecule has 0 spiro atoms. The van der Waals surface area contributed by atoms with Gasteiger partial charge in [-0.2, -0.15) is 0 Å². The number of nitrogens with one attached hydrogen (secondary N) is 1. The highest BCUT2D eigenvalue weighted by atomic mass is 127.